The van der Waals surface area contributed by atoms with Gasteiger partial charge in [-0.3, -0.25) is 43.2 Å². The van der Waals surface area contributed by atoms with Crippen molar-refractivity contribution in [3.8, 4) is 39.5 Å². The molecule has 0 radical (unpaired) electrons. The highest BCUT2D eigenvalue weighted by molar-refractivity contribution is 9.09. The van der Waals surface area contributed by atoms with Crippen LogP contribution in [0.5, 0.6) is 17.2 Å². The van der Waals surface area contributed by atoms with Gasteiger partial charge in [-0.05, 0) is 238 Å². The minimum Gasteiger partial charge on any atom is -0.488 e. The van der Waals surface area contributed by atoms with Crippen LogP contribution in [0.15, 0.2) is 218 Å². The van der Waals surface area contributed by atoms with Crippen molar-refractivity contribution in [1.29, 1.82) is 0 Å². The third-order valence-corrected chi connectivity index (χ3v) is 20.6. The fourth-order valence-electron chi connectivity index (χ4n) is 13.5. The van der Waals surface area contributed by atoms with Crippen molar-refractivity contribution < 1.29 is 92.3 Å². The zero-order chi connectivity index (χ0) is 102. The fourth-order valence-corrected chi connectivity index (χ4v) is 13.5. The van der Waals surface area contributed by atoms with Gasteiger partial charge in [0.2, 0.25) is 5.91 Å². The molecule has 3 aliphatic rings. The van der Waals surface area contributed by atoms with Gasteiger partial charge in [0.25, 0.3) is 0 Å². The van der Waals surface area contributed by atoms with Crippen molar-refractivity contribution in [1.82, 2.24) is 26.3 Å². The first-order valence-corrected chi connectivity index (χ1v) is 46.8. The molecule has 788 valence electrons. The Kier molecular flexibility index (Phi) is 73.2. The van der Waals surface area contributed by atoms with Crippen molar-refractivity contribution in [2.75, 3.05) is 107 Å². The van der Waals surface area contributed by atoms with E-state index in [1.807, 2.05) is 210 Å². The number of aliphatic carboxylic acids is 2. The molecule has 35 heteroatoms. The number of piperidine rings is 1. The minimum absolute atomic E-state index is 0. The first-order chi connectivity index (χ1) is 65.1. The minimum atomic E-state index is -1.11. The molecule has 1 saturated heterocycles. The van der Waals surface area contributed by atoms with Gasteiger partial charge in [-0.2, -0.15) is 67.5 Å². The molecule has 7 aromatic carbocycles. The van der Waals surface area contributed by atoms with Crippen LogP contribution in [0.3, 0.4) is 0 Å². The van der Waals surface area contributed by atoms with E-state index in [1.54, 1.807) is 40.3 Å². The summed E-state index contributed by atoms with van der Waals surface area (Å²) in [5.74, 6) is -1.25. The number of nitrogens with zero attached hydrogens (tertiary/aromatic N) is 3. The number of amides is 2. The number of nitrogens with one attached hydrogen (secondary N) is 4. The second-order valence-corrected chi connectivity index (χ2v) is 35.3. The predicted molar refractivity (Wildman–Crippen MR) is 597 cm³/mol. The lowest BCUT2D eigenvalue weighted by atomic mass is 9.97. The molecule has 1 aliphatic heterocycles. The van der Waals surface area contributed by atoms with Gasteiger partial charge in [0.05, 0.1) is 39.8 Å². The number of methoxy groups -OCH3 is 1. The molecule has 1 heterocycles. The summed E-state index contributed by atoms with van der Waals surface area (Å²) in [4.78, 5) is 95.8. The average Bonchev–Trinajstić information content (AvgIpc) is 1.62. The molecule has 0 spiro atoms. The van der Waals surface area contributed by atoms with Crippen molar-refractivity contribution in [2.24, 2.45) is 44.9 Å². The molecule has 7 aromatic rings. The number of aliphatic imine (C=N–C) groups is 2. The molecule has 0 aromatic heterocycles. The topological polar surface area (TPSA) is 397 Å². The molecule has 0 unspecified atom stereocenters. The summed E-state index contributed by atoms with van der Waals surface area (Å²) < 4.78 is 58.3. The highest BCUT2D eigenvalue weighted by atomic mass is 79.9. The number of halogens is 2. The van der Waals surface area contributed by atoms with Gasteiger partial charge in [0.1, 0.15) is 72.6 Å². The number of hydroxylamine groups is 2. The largest absolute Gasteiger partial charge is 0.488 e. The Morgan fingerprint density at radius 2 is 0.894 bits per heavy atom. The number of esters is 3. The van der Waals surface area contributed by atoms with Crippen molar-refractivity contribution >= 4 is 137 Å². The Hall–Kier alpha value is -10.2. The number of hydrogen-bond donors (Lipinski definition) is 9. The first kappa shape index (κ1) is 135. The van der Waals surface area contributed by atoms with Crippen LogP contribution >= 0.6 is 83.4 Å². The maximum atomic E-state index is 12.7. The second kappa shape index (κ2) is 76.5. The van der Waals surface area contributed by atoms with Gasteiger partial charge in [0, 0.05) is 65.1 Å². The lowest BCUT2D eigenvalue weighted by molar-refractivity contribution is -0.175. The van der Waals surface area contributed by atoms with E-state index in [4.69, 9.17) is 61.7 Å². The number of nitrogens with two attached hydrogens (primary N) is 3. The van der Waals surface area contributed by atoms with Gasteiger partial charge in [-0.15, -0.1) is 6.58 Å². The van der Waals surface area contributed by atoms with Crippen LogP contribution in [0.4, 0.5) is 9.18 Å². The molecule has 141 heavy (non-hydrogen) atoms. The van der Waals surface area contributed by atoms with Crippen LogP contribution in [0.2, 0.25) is 0 Å². The maximum absolute atomic E-state index is 12.7. The fraction of sp³-hybridized carbons (Fsp3) is 0.462. The molecule has 0 bridgehead atoms. The molecular weight excluding hydrogens is 1960 g/mol. The predicted octanol–water partition coefficient (Wildman–Crippen LogP) is 18.5. The molecule has 10 rings (SSSR count). The monoisotopic (exact) mass is 2120 g/mol. The van der Waals surface area contributed by atoms with E-state index in [2.05, 4.69) is 108 Å². The number of benzene rings is 7. The zero-order valence-corrected chi connectivity index (χ0v) is 92.0. The normalized spacial score (nSPS) is 12.9. The molecule has 0 saturated carbocycles. The highest BCUT2D eigenvalue weighted by Crippen LogP contribution is 2.46. The molecule has 2 aliphatic carbocycles. The Morgan fingerprint density at radius 3 is 1.21 bits per heavy atom. The number of fused-ring (bicyclic) bond motifs is 6. The summed E-state index contributed by atoms with van der Waals surface area (Å²) in [7, 11) is 6.79. The van der Waals surface area contributed by atoms with E-state index in [1.165, 1.54) is 63.7 Å². The van der Waals surface area contributed by atoms with E-state index in [0.717, 1.165) is 84.3 Å². The SMILES string of the molecule is C1CCNCC1.C=CCBr.C=CCOC(=O)[C@@H](C)Cc1ccc(OC(C)(C)C)cc1.C=CCOC(=O)[C@@H](N)Cc1ccc(OC(C)(C)C)cc1.CCOC.CN=C(N)NCCC[C@H](CC(=O)OCC1c2ccccc2-c2ccccc21)C(=O)N(C)OC.CN=C(N)NCCC[C@H](NC(=O)OCC1c2ccccc2-c2ccccc21)C(=O)O.C[C@@H](Cc1ccc(OC(C)(C)C)cc1)C(=O)O.S.S.S.S.S.[2H]CF. The number of allylic oxidation sites excluding steroid dienone is 1. The number of alkyl carbamates (subject to hydrolysis) is 1. The number of carboxylic acids is 2. The Labute approximate surface area is 882 Å². The van der Waals surface area contributed by atoms with Crippen molar-refractivity contribution in [3.05, 3.63) is 247 Å². The van der Waals surface area contributed by atoms with Gasteiger partial charge in [-0.25, -0.2) is 14.7 Å². The number of guanidine groups is 2. The summed E-state index contributed by atoms with van der Waals surface area (Å²) in [6, 6.07) is 53.7. The van der Waals surface area contributed by atoms with Gasteiger partial charge < -0.3 is 86.6 Å². The van der Waals surface area contributed by atoms with E-state index in [0.29, 0.717) is 57.6 Å². The Morgan fingerprint density at radius 1 is 0.546 bits per heavy atom. The van der Waals surface area contributed by atoms with Crippen LogP contribution in [0.25, 0.3) is 22.3 Å². The summed E-state index contributed by atoms with van der Waals surface area (Å²) in [6.45, 7) is 39.1. The van der Waals surface area contributed by atoms with Crippen molar-refractivity contribution in [2.45, 2.75) is 194 Å². The van der Waals surface area contributed by atoms with Crippen LogP contribution in [-0.4, -0.2) is 205 Å². The van der Waals surface area contributed by atoms with E-state index < -0.39 is 55.1 Å². The number of carbonyl (C=O) groups is 7. The zero-order valence-electron chi connectivity index (χ0n) is 86.4. The second-order valence-electron chi connectivity index (χ2n) is 34.6. The number of rotatable bonds is 36. The molecule has 12 N–H and O–H groups in total. The molecule has 28 nitrogen and oxygen atoms in total. The number of hydrogen-bond acceptors (Lipinski definition) is 20. The van der Waals surface area contributed by atoms with E-state index >= 15 is 0 Å². The van der Waals surface area contributed by atoms with Gasteiger partial charge in [-0.1, -0.05) is 201 Å². The lowest BCUT2D eigenvalue weighted by Gasteiger charge is -2.22. The maximum Gasteiger partial charge on any atom is 0.407 e. The molecule has 2 amide bonds. The highest BCUT2D eigenvalue weighted by Gasteiger charge is 2.33. The molecule has 1 fully saturated rings. The van der Waals surface area contributed by atoms with Crippen molar-refractivity contribution in [3.63, 3.8) is 0 Å². The Bertz CT molecular complexity index is 4610. The summed E-state index contributed by atoms with van der Waals surface area (Å²) in [5.41, 5.74) is 28.5. The quantitative estimate of drug-likeness (QED) is 0.00257. The summed E-state index contributed by atoms with van der Waals surface area (Å²) in [5, 5.41) is 31.8. The Balaban J connectivity index is -0.000000809. The number of alkyl halides is 2. The van der Waals surface area contributed by atoms with Crippen LogP contribution in [0.1, 0.15) is 187 Å². The molecular formula is C106H162BrFN10O18S5. The van der Waals surface area contributed by atoms with Crippen LogP contribution < -0.4 is 52.7 Å². The standard InChI is InChI=1S/C25H32N4O4.C22H26N4O4.C17H24O3.C16H23NO3.C14H20O3.C5H11N.C3H5Br.C3H8O.CH3F.5H2S/c1-27-25(26)28-14-8-9-17(24(31)29(2)32-3)15-23(30)33-16-22-20-12-6-4-10-18(20)19-11-5-7-13-21(19)22;1-24-21(23)25-12-6-11-19(20(27)28)26-22(29)30-13-18-16-9-4-2-7-14(16)15-8-3-5-10-17(15)18;1-6-11-19-16(18)13(2)12-14-7-9-15(10-8-14)20-17(3,4)5;1-5-10-19-15(18)14(17)11-12-6-8-13(9-7-12)20-16(2,3)4;1-10(13(15)16)9-11-5-7-12(8-6-11)17-14(2,3)4;1-2-4-6-5-3-1;1-2-3-4;1-3-4-2;1-2;;;;;/h4-7,10-13,17,22H,8-9,14-16H2,1-3H3,(H3,26,27,28);2-5,7-10,18-19H,6,11-13H2,1H3,(H,26,29)(H,27,28)(H3,23,24,25);6-10,13H,1,11-12H2,2-5H3;5-9,14H,1,10-11,17H2,2-4H3;5-8,10H,9H2,1-4H3,(H,15,16);6H,1-5H2;2H,1,3H2;3H2,1-2H3;1H3;5*1H2/t17-;19-;13-;14-;10-;;;;;;;;;/m10000........./s1/i;;;;;;;;1D;;;;;. The van der Waals surface area contributed by atoms with E-state index in [9.17, 15) is 43.1 Å². The summed E-state index contributed by atoms with van der Waals surface area (Å²) >= 11 is 3.13. The van der Waals surface area contributed by atoms with Crippen LogP contribution in [0, 0.1) is 17.8 Å². The number of ether oxygens (including phenoxy) is 8. The van der Waals surface area contributed by atoms with Gasteiger partial charge in [0.15, 0.2) is 11.9 Å². The van der Waals surface area contributed by atoms with Crippen LogP contribution in [-0.2, 0) is 76.6 Å². The first-order valence-electron chi connectivity index (χ1n) is 46.3. The summed E-state index contributed by atoms with van der Waals surface area (Å²) in [6.07, 6.45) is 11.8. The van der Waals surface area contributed by atoms with E-state index in [-0.39, 0.29) is 165 Å². The average molecular weight is 2120 g/mol. The third kappa shape index (κ3) is 57.0. The number of carboxylic acid groups (broad SMARTS) is 2. The lowest BCUT2D eigenvalue weighted by Crippen LogP contribution is -2.42. The van der Waals surface area contributed by atoms with Gasteiger partial charge >= 0.3 is 35.9 Å². The molecule has 5 atom stereocenters. The number of carbonyl (C=O) groups excluding carboxylic acids is 5. The third-order valence-electron chi connectivity index (χ3n) is 20.1. The smallest absolute Gasteiger partial charge is 0.407 e.